The molecule has 0 atom stereocenters. The van der Waals surface area contributed by atoms with Gasteiger partial charge in [0.15, 0.2) is 11.5 Å². The zero-order chi connectivity index (χ0) is 16.1. The Labute approximate surface area is 135 Å². The first-order valence-electron chi connectivity index (χ1n) is 7.17. The maximum Gasteiger partial charge on any atom is 0.261 e. The van der Waals surface area contributed by atoms with E-state index in [2.05, 4.69) is 12.2 Å². The molecule has 1 aromatic heterocycles. The van der Waals surface area contributed by atoms with Crippen molar-refractivity contribution in [1.82, 2.24) is 5.32 Å². The van der Waals surface area contributed by atoms with E-state index in [1.54, 1.807) is 25.6 Å². The van der Waals surface area contributed by atoms with Gasteiger partial charge in [-0.3, -0.25) is 4.79 Å². The summed E-state index contributed by atoms with van der Waals surface area (Å²) >= 11 is 1.56. The number of aryl methyl sites for hydroxylation is 2. The lowest BCUT2D eigenvalue weighted by molar-refractivity contribution is 0.0955. The first kappa shape index (κ1) is 16.4. The molecule has 0 radical (unpaired) electrons. The molecule has 0 spiro atoms. The third-order valence-corrected chi connectivity index (χ3v) is 4.85. The summed E-state index contributed by atoms with van der Waals surface area (Å²) in [6.45, 7) is 4.60. The third-order valence-electron chi connectivity index (χ3n) is 3.47. The Kier molecular flexibility index (Phi) is 5.44. The minimum Gasteiger partial charge on any atom is -0.493 e. The smallest absolute Gasteiger partial charge is 0.261 e. The van der Waals surface area contributed by atoms with Crippen LogP contribution in [-0.4, -0.2) is 20.1 Å². The van der Waals surface area contributed by atoms with Crippen LogP contribution in [0, 0.1) is 6.92 Å². The molecule has 0 unspecified atom stereocenters. The van der Waals surface area contributed by atoms with E-state index in [0.29, 0.717) is 18.0 Å². The van der Waals surface area contributed by atoms with E-state index in [-0.39, 0.29) is 5.91 Å². The summed E-state index contributed by atoms with van der Waals surface area (Å²) < 4.78 is 10.5. The van der Waals surface area contributed by atoms with Crippen molar-refractivity contribution in [3.63, 3.8) is 0 Å². The van der Waals surface area contributed by atoms with Crippen molar-refractivity contribution in [2.75, 3.05) is 14.2 Å². The number of nitrogens with one attached hydrogen (secondary N) is 1. The number of hydrogen-bond acceptors (Lipinski definition) is 4. The van der Waals surface area contributed by atoms with Gasteiger partial charge in [0, 0.05) is 11.4 Å². The summed E-state index contributed by atoms with van der Waals surface area (Å²) in [6.07, 6.45) is 0.958. The van der Waals surface area contributed by atoms with Gasteiger partial charge in [-0.2, -0.15) is 0 Å². The number of benzene rings is 1. The van der Waals surface area contributed by atoms with Crippen LogP contribution in [0.4, 0.5) is 0 Å². The Bertz CT molecular complexity index is 664. The van der Waals surface area contributed by atoms with Crippen LogP contribution in [0.2, 0.25) is 0 Å². The van der Waals surface area contributed by atoms with Gasteiger partial charge in [-0.05, 0) is 42.7 Å². The van der Waals surface area contributed by atoms with E-state index in [1.165, 1.54) is 10.4 Å². The zero-order valence-corrected chi connectivity index (χ0v) is 14.2. The molecule has 0 fully saturated rings. The van der Waals surface area contributed by atoms with Crippen molar-refractivity contribution in [2.45, 2.75) is 26.8 Å². The van der Waals surface area contributed by atoms with Crippen LogP contribution in [0.5, 0.6) is 11.5 Å². The molecule has 0 aliphatic carbocycles. The van der Waals surface area contributed by atoms with Gasteiger partial charge >= 0.3 is 0 Å². The van der Waals surface area contributed by atoms with Gasteiger partial charge < -0.3 is 14.8 Å². The fourth-order valence-corrected chi connectivity index (χ4v) is 3.27. The number of ether oxygens (including phenoxy) is 2. The standard InChI is InChI=1S/C17H21NO3S/c1-5-15-11(2)8-16(22-15)17(19)18-10-12-6-7-13(20-3)14(9-12)21-4/h6-9H,5,10H2,1-4H3,(H,18,19). The van der Waals surface area contributed by atoms with Gasteiger partial charge in [0.05, 0.1) is 19.1 Å². The summed E-state index contributed by atoms with van der Waals surface area (Å²) in [7, 11) is 3.20. The van der Waals surface area contributed by atoms with Gasteiger partial charge in [0.25, 0.3) is 5.91 Å². The van der Waals surface area contributed by atoms with Crippen LogP contribution in [0.25, 0.3) is 0 Å². The van der Waals surface area contributed by atoms with Gasteiger partial charge in [-0.15, -0.1) is 11.3 Å². The number of amides is 1. The van der Waals surface area contributed by atoms with Crippen molar-refractivity contribution in [1.29, 1.82) is 0 Å². The molecule has 2 aromatic rings. The second kappa shape index (κ2) is 7.31. The molecule has 1 heterocycles. The minimum absolute atomic E-state index is 0.0393. The quantitative estimate of drug-likeness (QED) is 0.885. The second-order valence-corrected chi connectivity index (χ2v) is 6.08. The average Bonchev–Trinajstić information content (AvgIpc) is 2.93. The highest BCUT2D eigenvalue weighted by Crippen LogP contribution is 2.27. The van der Waals surface area contributed by atoms with E-state index in [1.807, 2.05) is 31.2 Å². The highest BCUT2D eigenvalue weighted by atomic mass is 32.1. The lowest BCUT2D eigenvalue weighted by Gasteiger charge is -2.10. The van der Waals surface area contributed by atoms with Crippen LogP contribution < -0.4 is 14.8 Å². The van der Waals surface area contributed by atoms with Gasteiger partial charge in [-0.1, -0.05) is 13.0 Å². The number of carbonyl (C=O) groups excluding carboxylic acids is 1. The molecule has 22 heavy (non-hydrogen) atoms. The summed E-state index contributed by atoms with van der Waals surface area (Å²) in [5.74, 6) is 1.30. The molecule has 1 aromatic carbocycles. The normalized spacial score (nSPS) is 10.4. The molecule has 0 saturated carbocycles. The maximum absolute atomic E-state index is 12.2. The number of hydrogen-bond donors (Lipinski definition) is 1. The van der Waals surface area contributed by atoms with E-state index >= 15 is 0 Å². The van der Waals surface area contributed by atoms with Crippen LogP contribution in [0.3, 0.4) is 0 Å². The average molecular weight is 319 g/mol. The molecular formula is C17H21NO3S. The minimum atomic E-state index is -0.0393. The van der Waals surface area contributed by atoms with Crippen molar-refractivity contribution in [3.8, 4) is 11.5 Å². The number of carbonyl (C=O) groups is 1. The predicted octanol–water partition coefficient (Wildman–Crippen LogP) is 3.57. The molecule has 0 bridgehead atoms. The Morgan fingerprint density at radius 2 is 1.91 bits per heavy atom. The summed E-state index contributed by atoms with van der Waals surface area (Å²) in [5, 5.41) is 2.94. The van der Waals surface area contributed by atoms with E-state index in [9.17, 15) is 4.79 Å². The number of rotatable bonds is 6. The molecule has 0 aliphatic heterocycles. The maximum atomic E-state index is 12.2. The van der Waals surface area contributed by atoms with Crippen molar-refractivity contribution >= 4 is 17.2 Å². The van der Waals surface area contributed by atoms with Gasteiger partial charge in [0.1, 0.15) is 0 Å². The zero-order valence-electron chi connectivity index (χ0n) is 13.4. The Morgan fingerprint density at radius 1 is 1.18 bits per heavy atom. The number of methoxy groups -OCH3 is 2. The highest BCUT2D eigenvalue weighted by Gasteiger charge is 2.12. The number of thiophene rings is 1. The van der Waals surface area contributed by atoms with Crippen molar-refractivity contribution in [3.05, 3.63) is 45.1 Å². The molecule has 1 N–H and O–H groups in total. The van der Waals surface area contributed by atoms with Crippen LogP contribution in [0.1, 0.15) is 32.6 Å². The Hall–Kier alpha value is -2.01. The second-order valence-electron chi connectivity index (χ2n) is 4.94. The molecule has 5 heteroatoms. The summed E-state index contributed by atoms with van der Waals surface area (Å²) in [6, 6.07) is 7.58. The third kappa shape index (κ3) is 3.60. The first-order chi connectivity index (χ1) is 10.6. The SMILES string of the molecule is CCc1sc(C(=O)NCc2ccc(OC)c(OC)c2)cc1C. The van der Waals surface area contributed by atoms with Crippen molar-refractivity contribution < 1.29 is 14.3 Å². The Morgan fingerprint density at radius 3 is 2.50 bits per heavy atom. The molecular weight excluding hydrogens is 298 g/mol. The molecule has 0 saturated heterocycles. The molecule has 2 rings (SSSR count). The van der Waals surface area contributed by atoms with E-state index in [0.717, 1.165) is 16.9 Å². The lowest BCUT2D eigenvalue weighted by Crippen LogP contribution is -2.21. The molecule has 118 valence electrons. The first-order valence-corrected chi connectivity index (χ1v) is 7.99. The molecule has 4 nitrogen and oxygen atoms in total. The fraction of sp³-hybridized carbons (Fsp3) is 0.353. The largest absolute Gasteiger partial charge is 0.493 e. The fourth-order valence-electron chi connectivity index (χ4n) is 2.24. The monoisotopic (exact) mass is 319 g/mol. The summed E-state index contributed by atoms with van der Waals surface area (Å²) in [4.78, 5) is 14.2. The Balaban J connectivity index is 2.04. The lowest BCUT2D eigenvalue weighted by atomic mass is 10.2. The highest BCUT2D eigenvalue weighted by molar-refractivity contribution is 7.14. The topological polar surface area (TPSA) is 47.6 Å². The van der Waals surface area contributed by atoms with Gasteiger partial charge in [-0.25, -0.2) is 0 Å². The predicted molar refractivity (Wildman–Crippen MR) is 89.2 cm³/mol. The summed E-state index contributed by atoms with van der Waals surface area (Å²) in [5.41, 5.74) is 2.15. The van der Waals surface area contributed by atoms with Crippen LogP contribution in [-0.2, 0) is 13.0 Å². The van der Waals surface area contributed by atoms with Crippen LogP contribution >= 0.6 is 11.3 Å². The van der Waals surface area contributed by atoms with E-state index < -0.39 is 0 Å². The van der Waals surface area contributed by atoms with Crippen molar-refractivity contribution in [2.24, 2.45) is 0 Å². The molecule has 1 amide bonds. The van der Waals surface area contributed by atoms with Gasteiger partial charge in [0.2, 0.25) is 0 Å². The van der Waals surface area contributed by atoms with E-state index in [4.69, 9.17) is 9.47 Å². The molecule has 0 aliphatic rings. The van der Waals surface area contributed by atoms with Crippen LogP contribution in [0.15, 0.2) is 24.3 Å².